The summed E-state index contributed by atoms with van der Waals surface area (Å²) in [7, 11) is 0. The lowest BCUT2D eigenvalue weighted by atomic mass is 10.1. The van der Waals surface area contributed by atoms with Crippen molar-refractivity contribution < 1.29 is 23.1 Å². The number of carbonyl (C=O) groups is 2. The van der Waals surface area contributed by atoms with E-state index in [1.54, 1.807) is 24.3 Å². The fourth-order valence-electron chi connectivity index (χ4n) is 2.38. The molecule has 0 bridgehead atoms. The molecular weight excluding hydrogens is 330 g/mol. The van der Waals surface area contributed by atoms with Gasteiger partial charge in [-0.25, -0.2) is 8.78 Å². The molecule has 2 aromatic carbocycles. The van der Waals surface area contributed by atoms with Gasteiger partial charge in [0.05, 0.1) is 16.9 Å². The van der Waals surface area contributed by atoms with Crippen LogP contribution in [0.5, 0.6) is 5.75 Å². The van der Waals surface area contributed by atoms with E-state index >= 15 is 0 Å². The summed E-state index contributed by atoms with van der Waals surface area (Å²) in [5.74, 6) is -2.31. The second-order valence-electron chi connectivity index (χ2n) is 5.44. The Hall–Kier alpha value is -3.22. The first-order chi connectivity index (χ1) is 11.9. The third-order valence-electron chi connectivity index (χ3n) is 3.54. The number of ether oxygens (including phenoxy) is 1. The second kappa shape index (κ2) is 6.72. The van der Waals surface area contributed by atoms with Crippen LogP contribution in [0.1, 0.15) is 12.5 Å². The van der Waals surface area contributed by atoms with E-state index in [1.807, 2.05) is 6.07 Å². The molecule has 0 aromatic heterocycles. The lowest BCUT2D eigenvalue weighted by Crippen LogP contribution is -2.22. The number of nitrogens with one attached hydrogen (secondary N) is 2. The number of amides is 2. The van der Waals surface area contributed by atoms with E-state index in [0.717, 1.165) is 11.6 Å². The van der Waals surface area contributed by atoms with Crippen molar-refractivity contribution in [1.29, 1.82) is 0 Å². The Kier molecular flexibility index (Phi) is 4.47. The number of anilines is 2. The Morgan fingerprint density at radius 3 is 2.44 bits per heavy atom. The van der Waals surface area contributed by atoms with Crippen LogP contribution in [0, 0.1) is 11.6 Å². The normalized spacial score (nSPS) is 12.5. The minimum Gasteiger partial charge on any atom is -0.488 e. The van der Waals surface area contributed by atoms with Gasteiger partial charge in [0.15, 0.2) is 0 Å². The van der Waals surface area contributed by atoms with Gasteiger partial charge in [0.2, 0.25) is 5.91 Å². The van der Waals surface area contributed by atoms with Crippen LogP contribution in [0.2, 0.25) is 0 Å². The second-order valence-corrected chi connectivity index (χ2v) is 5.44. The summed E-state index contributed by atoms with van der Waals surface area (Å²) in [6.07, 6.45) is 1.64. The van der Waals surface area contributed by atoms with Gasteiger partial charge >= 0.3 is 0 Å². The quantitative estimate of drug-likeness (QED) is 0.897. The van der Waals surface area contributed by atoms with Crippen LogP contribution >= 0.6 is 0 Å². The van der Waals surface area contributed by atoms with Crippen LogP contribution in [-0.4, -0.2) is 18.4 Å². The van der Waals surface area contributed by atoms with Crippen molar-refractivity contribution in [3.8, 4) is 5.75 Å². The van der Waals surface area contributed by atoms with Gasteiger partial charge in [-0.2, -0.15) is 0 Å². The molecule has 1 aliphatic heterocycles. The predicted molar refractivity (Wildman–Crippen MR) is 89.2 cm³/mol. The standard InChI is InChI=1S/C18H14F2N2O3/c1-10(23)21-15-8-16(14(20)7-13(15)19)22-18(24)12-6-11-4-2-3-5-17(11)25-9-12/h2-8H,9H2,1H3,(H,21,23)(H,22,24). The van der Waals surface area contributed by atoms with E-state index in [2.05, 4.69) is 10.6 Å². The van der Waals surface area contributed by atoms with Gasteiger partial charge in [-0.1, -0.05) is 18.2 Å². The largest absolute Gasteiger partial charge is 0.488 e. The molecule has 0 saturated carbocycles. The highest BCUT2D eigenvalue weighted by molar-refractivity contribution is 6.08. The summed E-state index contributed by atoms with van der Waals surface area (Å²) < 4.78 is 33.0. The summed E-state index contributed by atoms with van der Waals surface area (Å²) in [6, 6.07) is 8.81. The van der Waals surface area contributed by atoms with Crippen LogP contribution in [0.15, 0.2) is 42.0 Å². The molecule has 128 valence electrons. The number of carbonyl (C=O) groups excluding carboxylic acids is 2. The van der Waals surface area contributed by atoms with Crippen molar-refractivity contribution in [1.82, 2.24) is 0 Å². The average Bonchev–Trinajstić information content (AvgIpc) is 2.58. The van der Waals surface area contributed by atoms with Crippen LogP contribution in [0.3, 0.4) is 0 Å². The van der Waals surface area contributed by atoms with Crippen LogP contribution in [-0.2, 0) is 9.59 Å². The lowest BCUT2D eigenvalue weighted by molar-refractivity contribution is -0.114. The van der Waals surface area contributed by atoms with E-state index in [0.29, 0.717) is 17.4 Å². The Balaban J connectivity index is 1.84. The fraction of sp³-hybridized carbons (Fsp3) is 0.111. The number of fused-ring (bicyclic) bond motifs is 1. The molecular formula is C18H14F2N2O3. The monoisotopic (exact) mass is 344 g/mol. The first-order valence-electron chi connectivity index (χ1n) is 7.44. The lowest BCUT2D eigenvalue weighted by Gasteiger charge is -2.18. The Bertz CT molecular complexity index is 894. The highest BCUT2D eigenvalue weighted by atomic mass is 19.1. The van der Waals surface area contributed by atoms with E-state index in [1.165, 1.54) is 6.92 Å². The van der Waals surface area contributed by atoms with E-state index in [-0.39, 0.29) is 18.0 Å². The van der Waals surface area contributed by atoms with Crippen molar-refractivity contribution >= 4 is 29.3 Å². The maximum absolute atomic E-state index is 13.9. The van der Waals surface area contributed by atoms with E-state index < -0.39 is 23.4 Å². The number of benzene rings is 2. The Labute approximate surface area is 142 Å². The van der Waals surface area contributed by atoms with Gasteiger partial charge in [-0.05, 0) is 18.2 Å². The zero-order valence-electron chi connectivity index (χ0n) is 13.2. The highest BCUT2D eigenvalue weighted by Gasteiger charge is 2.19. The molecule has 0 saturated heterocycles. The molecule has 5 nitrogen and oxygen atoms in total. The molecule has 7 heteroatoms. The fourth-order valence-corrected chi connectivity index (χ4v) is 2.38. The smallest absolute Gasteiger partial charge is 0.255 e. The maximum atomic E-state index is 13.9. The molecule has 1 aliphatic rings. The summed E-state index contributed by atoms with van der Waals surface area (Å²) in [4.78, 5) is 23.4. The van der Waals surface area contributed by atoms with Gasteiger partial charge in [-0.3, -0.25) is 9.59 Å². The van der Waals surface area contributed by atoms with E-state index in [4.69, 9.17) is 4.74 Å². The van der Waals surface area contributed by atoms with Gasteiger partial charge in [0.25, 0.3) is 5.91 Å². The van der Waals surface area contributed by atoms with Crippen LogP contribution in [0.4, 0.5) is 20.2 Å². The summed E-state index contributed by atoms with van der Waals surface area (Å²) in [5, 5.41) is 4.61. The molecule has 0 spiro atoms. The highest BCUT2D eigenvalue weighted by Crippen LogP contribution is 2.27. The molecule has 0 atom stereocenters. The molecule has 0 radical (unpaired) electrons. The summed E-state index contributed by atoms with van der Waals surface area (Å²) in [5.41, 5.74) is 0.569. The topological polar surface area (TPSA) is 67.4 Å². The number of hydrogen-bond donors (Lipinski definition) is 2. The molecule has 25 heavy (non-hydrogen) atoms. The van der Waals surface area contributed by atoms with Crippen molar-refractivity contribution in [3.05, 3.63) is 59.2 Å². The molecule has 2 aromatic rings. The zero-order valence-corrected chi connectivity index (χ0v) is 13.2. The van der Waals surface area contributed by atoms with Gasteiger partial charge in [-0.15, -0.1) is 0 Å². The molecule has 0 aliphatic carbocycles. The molecule has 1 heterocycles. The predicted octanol–water partition coefficient (Wildman–Crippen LogP) is 3.34. The average molecular weight is 344 g/mol. The first-order valence-corrected chi connectivity index (χ1v) is 7.44. The minimum absolute atomic E-state index is 0.0320. The molecule has 0 fully saturated rings. The minimum atomic E-state index is -0.947. The molecule has 2 N–H and O–H groups in total. The Morgan fingerprint density at radius 1 is 1.04 bits per heavy atom. The number of para-hydroxylation sites is 1. The number of halogens is 2. The van der Waals surface area contributed by atoms with Crippen LogP contribution < -0.4 is 15.4 Å². The third kappa shape index (κ3) is 3.65. The summed E-state index contributed by atoms with van der Waals surface area (Å²) >= 11 is 0. The Morgan fingerprint density at radius 2 is 1.72 bits per heavy atom. The van der Waals surface area contributed by atoms with Crippen molar-refractivity contribution in [2.24, 2.45) is 0 Å². The van der Waals surface area contributed by atoms with Crippen molar-refractivity contribution in [2.45, 2.75) is 6.92 Å². The van der Waals surface area contributed by atoms with Gasteiger partial charge in [0, 0.05) is 18.6 Å². The van der Waals surface area contributed by atoms with Crippen LogP contribution in [0.25, 0.3) is 6.08 Å². The molecule has 2 amide bonds. The SMILES string of the molecule is CC(=O)Nc1cc(NC(=O)C2=Cc3ccccc3OC2)c(F)cc1F. The third-order valence-corrected chi connectivity index (χ3v) is 3.54. The zero-order chi connectivity index (χ0) is 18.0. The van der Waals surface area contributed by atoms with Crippen molar-refractivity contribution in [3.63, 3.8) is 0 Å². The number of hydrogen-bond acceptors (Lipinski definition) is 3. The molecule has 3 rings (SSSR count). The maximum Gasteiger partial charge on any atom is 0.255 e. The van der Waals surface area contributed by atoms with Gasteiger partial charge in [0.1, 0.15) is 24.0 Å². The molecule has 0 unspecified atom stereocenters. The first kappa shape index (κ1) is 16.6. The number of rotatable bonds is 3. The van der Waals surface area contributed by atoms with E-state index in [9.17, 15) is 18.4 Å². The van der Waals surface area contributed by atoms with Gasteiger partial charge < -0.3 is 15.4 Å². The summed E-state index contributed by atoms with van der Waals surface area (Å²) in [6.45, 7) is 1.23. The van der Waals surface area contributed by atoms with Crippen molar-refractivity contribution in [2.75, 3.05) is 17.2 Å².